The molecular weight excluding hydrogens is 236 g/mol. The van der Waals surface area contributed by atoms with Crippen molar-refractivity contribution >= 4 is 12.2 Å². The van der Waals surface area contributed by atoms with Gasteiger partial charge < -0.3 is 0 Å². The first-order valence-corrected chi connectivity index (χ1v) is 5.47. The number of benzene rings is 1. The zero-order valence-electron chi connectivity index (χ0n) is 9.00. The lowest BCUT2D eigenvalue weighted by molar-refractivity contribution is 0.675. The molecule has 0 aliphatic heterocycles. The number of rotatable bonds is 4. The fraction of sp³-hybridized carbons (Fsp3) is 0.200. The van der Waals surface area contributed by atoms with Crippen LogP contribution in [0.1, 0.15) is 0 Å². The smallest absolute Gasteiger partial charge is 0.214 e. The van der Waals surface area contributed by atoms with E-state index in [2.05, 4.69) is 20.2 Å². The molecule has 0 saturated carbocycles. The summed E-state index contributed by atoms with van der Waals surface area (Å²) in [4.78, 5) is 2.96. The third-order valence-electron chi connectivity index (χ3n) is 2.28. The molecule has 1 heterocycles. The van der Waals surface area contributed by atoms with Gasteiger partial charge in [-0.1, -0.05) is 30.3 Å². The molecule has 0 radical (unpaired) electrons. The van der Waals surface area contributed by atoms with E-state index in [-0.39, 0.29) is 0 Å². The average molecular weight is 247 g/mol. The highest BCUT2D eigenvalue weighted by Gasteiger charge is 2.08. The van der Waals surface area contributed by atoms with Crippen LogP contribution in [0.5, 0.6) is 0 Å². The number of nitrogens with one attached hydrogen (secondary N) is 2. The number of aromatic nitrogens is 3. The number of hydrogen-bond donors (Lipinski definition) is 2. The maximum absolute atomic E-state index is 6.60. The Morgan fingerprint density at radius 2 is 2.18 bits per heavy atom. The largest absolute Gasteiger partial charge is 0.298 e. The average Bonchev–Trinajstić information content (AvgIpc) is 2.73. The number of H-pyrrole nitrogens is 1. The van der Waals surface area contributed by atoms with Crippen LogP contribution in [0.4, 0.5) is 0 Å². The standard InChI is InChI=1S/C10H10N6S/c11-15-12-6-7-16-9(13-14-10(16)17)8-4-2-1-3-5-8/h1-5,11H,6-7H2/p+1. The Labute approximate surface area is 103 Å². The molecule has 0 aliphatic carbocycles. The van der Waals surface area contributed by atoms with Gasteiger partial charge in [0.05, 0.1) is 6.54 Å². The highest BCUT2D eigenvalue weighted by atomic mass is 32.1. The molecule has 0 amide bonds. The minimum atomic E-state index is 0.414. The number of aromatic amines is 1. The molecule has 0 aliphatic rings. The van der Waals surface area contributed by atoms with E-state index >= 15 is 0 Å². The molecule has 0 atom stereocenters. The summed E-state index contributed by atoms with van der Waals surface area (Å²) in [6.45, 7) is 0.971. The number of hydrogen-bond acceptors (Lipinski definition) is 4. The van der Waals surface area contributed by atoms with Crippen LogP contribution in [-0.4, -0.2) is 21.3 Å². The van der Waals surface area contributed by atoms with E-state index in [1.165, 1.54) is 0 Å². The molecule has 17 heavy (non-hydrogen) atoms. The van der Waals surface area contributed by atoms with Crippen LogP contribution in [0.25, 0.3) is 11.4 Å². The van der Waals surface area contributed by atoms with Crippen LogP contribution in [0, 0.1) is 10.3 Å². The molecule has 0 bridgehead atoms. The minimum Gasteiger partial charge on any atom is -0.298 e. The maximum atomic E-state index is 6.60. The van der Waals surface area contributed by atoms with Gasteiger partial charge in [0.25, 0.3) is 0 Å². The summed E-state index contributed by atoms with van der Waals surface area (Å²) in [6.07, 6.45) is 0. The molecule has 1 aromatic heterocycles. The van der Waals surface area contributed by atoms with Crippen LogP contribution < -0.4 is 4.91 Å². The van der Waals surface area contributed by atoms with Crippen LogP contribution in [0.3, 0.4) is 0 Å². The van der Waals surface area contributed by atoms with Gasteiger partial charge in [0.1, 0.15) is 17.2 Å². The van der Waals surface area contributed by atoms with Crippen molar-refractivity contribution in [2.24, 2.45) is 5.11 Å². The van der Waals surface area contributed by atoms with Crippen molar-refractivity contribution in [3.05, 3.63) is 35.1 Å². The Balaban J connectivity index is 2.35. The second-order valence-electron chi connectivity index (χ2n) is 3.34. The zero-order chi connectivity index (χ0) is 12.1. The quantitative estimate of drug-likeness (QED) is 0.493. The topological polar surface area (TPSA) is 83.9 Å². The van der Waals surface area contributed by atoms with Crippen molar-refractivity contribution in [1.29, 1.82) is 5.53 Å². The van der Waals surface area contributed by atoms with Crippen LogP contribution in [0.2, 0.25) is 0 Å². The highest BCUT2D eigenvalue weighted by molar-refractivity contribution is 7.71. The summed E-state index contributed by atoms with van der Waals surface area (Å²) in [7, 11) is 0. The van der Waals surface area contributed by atoms with E-state index in [0.717, 1.165) is 11.4 Å². The summed E-state index contributed by atoms with van der Waals surface area (Å²) < 4.78 is 2.39. The minimum absolute atomic E-state index is 0.414. The first-order valence-electron chi connectivity index (χ1n) is 5.07. The lowest BCUT2D eigenvalue weighted by Crippen LogP contribution is -2.03. The van der Waals surface area contributed by atoms with Gasteiger partial charge in [0, 0.05) is 5.56 Å². The van der Waals surface area contributed by atoms with E-state index < -0.39 is 0 Å². The molecule has 2 rings (SSSR count). The van der Waals surface area contributed by atoms with Gasteiger partial charge in [0.2, 0.25) is 4.91 Å². The van der Waals surface area contributed by atoms with Crippen molar-refractivity contribution in [3.8, 4) is 11.4 Å². The van der Waals surface area contributed by atoms with Crippen LogP contribution in [0.15, 0.2) is 35.4 Å². The predicted molar refractivity (Wildman–Crippen MR) is 65.0 cm³/mol. The summed E-state index contributed by atoms with van der Waals surface area (Å²) in [6, 6.07) is 9.77. The van der Waals surface area contributed by atoms with Crippen molar-refractivity contribution in [2.45, 2.75) is 6.54 Å². The molecule has 6 nitrogen and oxygen atoms in total. The molecule has 0 fully saturated rings. The van der Waals surface area contributed by atoms with Crippen molar-refractivity contribution in [1.82, 2.24) is 19.7 Å². The molecule has 1 aromatic carbocycles. The fourth-order valence-corrected chi connectivity index (χ4v) is 1.75. The third kappa shape index (κ3) is 2.52. The van der Waals surface area contributed by atoms with Gasteiger partial charge >= 0.3 is 0 Å². The van der Waals surface area contributed by atoms with E-state index in [1.807, 2.05) is 34.9 Å². The molecule has 2 N–H and O–H groups in total. The Hall–Kier alpha value is -2.11. The first kappa shape index (κ1) is 11.4. The van der Waals surface area contributed by atoms with E-state index in [4.69, 9.17) is 17.7 Å². The van der Waals surface area contributed by atoms with E-state index in [1.54, 1.807) is 0 Å². The summed E-state index contributed by atoms with van der Waals surface area (Å²) in [5, 5.41) is 10.6. The molecule has 0 saturated heterocycles. The summed E-state index contributed by atoms with van der Waals surface area (Å²) in [5.74, 6) is 0.774. The van der Waals surface area contributed by atoms with Crippen LogP contribution in [-0.2, 0) is 6.54 Å². The molecule has 0 unspecified atom stereocenters. The first-order chi connectivity index (χ1) is 8.33. The SMILES string of the molecule is N=[N+]=NCCn1c(-c2ccccc2)n[nH]c1=S. The van der Waals surface area contributed by atoms with Crippen molar-refractivity contribution < 1.29 is 0 Å². The monoisotopic (exact) mass is 247 g/mol. The Kier molecular flexibility index (Phi) is 3.54. The third-order valence-corrected chi connectivity index (χ3v) is 2.60. The van der Waals surface area contributed by atoms with Gasteiger partial charge in [-0.05, 0) is 12.2 Å². The van der Waals surface area contributed by atoms with E-state index in [9.17, 15) is 0 Å². The summed E-state index contributed by atoms with van der Waals surface area (Å²) >= 11 is 5.15. The van der Waals surface area contributed by atoms with Crippen molar-refractivity contribution in [3.63, 3.8) is 0 Å². The lowest BCUT2D eigenvalue weighted by Gasteiger charge is -2.02. The molecule has 7 heteroatoms. The normalized spacial score (nSPS) is 9.88. The molecule has 86 valence electrons. The zero-order valence-corrected chi connectivity index (χ0v) is 9.81. The van der Waals surface area contributed by atoms with Gasteiger partial charge in [-0.3, -0.25) is 9.67 Å². The van der Waals surface area contributed by atoms with Gasteiger partial charge in [-0.15, -0.1) is 0 Å². The predicted octanol–water partition coefficient (Wildman–Crippen LogP) is 2.16. The number of nitrogens with zero attached hydrogens (tertiary/aromatic N) is 4. The van der Waals surface area contributed by atoms with Gasteiger partial charge in [-0.25, -0.2) is 0 Å². The highest BCUT2D eigenvalue weighted by Crippen LogP contribution is 2.16. The van der Waals surface area contributed by atoms with Gasteiger partial charge in [0.15, 0.2) is 10.6 Å². The molecular formula is C10H11N6S+. The molecule has 0 spiro atoms. The van der Waals surface area contributed by atoms with E-state index in [0.29, 0.717) is 17.9 Å². The summed E-state index contributed by atoms with van der Waals surface area (Å²) in [5.41, 5.74) is 7.59. The second-order valence-corrected chi connectivity index (χ2v) is 3.72. The second kappa shape index (κ2) is 5.29. The lowest BCUT2D eigenvalue weighted by atomic mass is 10.2. The van der Waals surface area contributed by atoms with Crippen LogP contribution >= 0.6 is 12.2 Å². The Morgan fingerprint density at radius 1 is 1.41 bits per heavy atom. The van der Waals surface area contributed by atoms with Crippen molar-refractivity contribution in [2.75, 3.05) is 6.54 Å². The Bertz CT molecular complexity index is 593. The van der Waals surface area contributed by atoms with Gasteiger partial charge in [-0.2, -0.15) is 5.10 Å². The fourth-order valence-electron chi connectivity index (χ4n) is 1.53. The maximum Gasteiger partial charge on any atom is 0.214 e. The Morgan fingerprint density at radius 3 is 2.88 bits per heavy atom. The molecule has 2 aromatic rings.